The second kappa shape index (κ2) is 8.26. The molecule has 1 fully saturated rings. The Morgan fingerprint density at radius 1 is 1.21 bits per heavy atom. The molecule has 0 bridgehead atoms. The predicted octanol–water partition coefficient (Wildman–Crippen LogP) is 1.55. The molecule has 0 radical (unpaired) electrons. The van der Waals surface area contributed by atoms with E-state index in [2.05, 4.69) is 25.5 Å². The third kappa shape index (κ3) is 4.28. The number of hydrogen-bond donors (Lipinski definition) is 1. The maximum absolute atomic E-state index is 12.6. The summed E-state index contributed by atoms with van der Waals surface area (Å²) in [6.07, 6.45) is 1.68. The number of anilines is 1. The zero-order valence-corrected chi connectivity index (χ0v) is 17.2. The molecule has 1 aromatic carbocycles. The number of carbonyl (C=O) groups excluding carboxylic acids is 1. The van der Waals surface area contributed by atoms with Crippen molar-refractivity contribution in [2.45, 2.75) is 25.7 Å². The van der Waals surface area contributed by atoms with Crippen molar-refractivity contribution < 1.29 is 4.79 Å². The summed E-state index contributed by atoms with van der Waals surface area (Å²) in [6, 6.07) is 9.60. The van der Waals surface area contributed by atoms with E-state index >= 15 is 0 Å². The summed E-state index contributed by atoms with van der Waals surface area (Å²) in [7, 11) is 1.68. The maximum Gasteiger partial charge on any atom is 0.350 e. The van der Waals surface area contributed by atoms with Gasteiger partial charge in [-0.3, -0.25) is 15.0 Å². The standard InChI is InChI=1S/C19H23N7O2S/c1-13-21-22-18(29-13)20-16(27)12-25-10-8-14(9-11-25)17-23-24(2)19(28)26(17)15-6-4-3-5-7-15/h3-7,14H,8-12H2,1-2H3,(H,20,22,27). The Morgan fingerprint density at radius 3 is 2.59 bits per heavy atom. The summed E-state index contributed by atoms with van der Waals surface area (Å²) in [5, 5.41) is 16.5. The number of benzene rings is 1. The van der Waals surface area contributed by atoms with Crippen LogP contribution >= 0.6 is 11.3 Å². The van der Waals surface area contributed by atoms with Crippen molar-refractivity contribution in [3.8, 4) is 5.69 Å². The highest BCUT2D eigenvalue weighted by Gasteiger charge is 2.27. The number of rotatable bonds is 5. The van der Waals surface area contributed by atoms with E-state index in [9.17, 15) is 9.59 Å². The Bertz CT molecular complexity index is 1050. The number of hydrogen-bond acceptors (Lipinski definition) is 7. The average Bonchev–Trinajstić information content (AvgIpc) is 3.25. The zero-order chi connectivity index (χ0) is 20.4. The number of aromatic nitrogens is 5. The molecule has 0 aliphatic carbocycles. The number of nitrogens with zero attached hydrogens (tertiary/aromatic N) is 6. The first-order valence-electron chi connectivity index (χ1n) is 9.55. The molecule has 0 atom stereocenters. The number of piperidine rings is 1. The topological polar surface area (TPSA) is 97.9 Å². The fourth-order valence-electron chi connectivity index (χ4n) is 3.63. The number of likely N-dealkylation sites (tertiary alicyclic amines) is 1. The number of amides is 1. The third-order valence-corrected chi connectivity index (χ3v) is 5.81. The normalized spacial score (nSPS) is 15.5. The summed E-state index contributed by atoms with van der Waals surface area (Å²) >= 11 is 1.36. The minimum atomic E-state index is -0.139. The Morgan fingerprint density at radius 2 is 1.93 bits per heavy atom. The molecular formula is C19H23N7O2S. The average molecular weight is 414 g/mol. The molecule has 29 heavy (non-hydrogen) atoms. The Labute approximate surface area is 172 Å². The van der Waals surface area contributed by atoms with Crippen LogP contribution in [0, 0.1) is 6.92 Å². The summed E-state index contributed by atoms with van der Waals surface area (Å²) in [4.78, 5) is 27.0. The summed E-state index contributed by atoms with van der Waals surface area (Å²) in [5.41, 5.74) is 0.690. The molecule has 1 amide bonds. The van der Waals surface area contributed by atoms with Crippen LogP contribution in [-0.4, -0.2) is 55.0 Å². The quantitative estimate of drug-likeness (QED) is 0.682. The van der Waals surface area contributed by atoms with Crippen molar-refractivity contribution in [1.29, 1.82) is 0 Å². The van der Waals surface area contributed by atoms with Gasteiger partial charge in [0.25, 0.3) is 0 Å². The number of nitrogens with one attached hydrogen (secondary N) is 1. The van der Waals surface area contributed by atoms with Crippen LogP contribution < -0.4 is 11.0 Å². The van der Waals surface area contributed by atoms with Crippen LogP contribution in [0.15, 0.2) is 35.1 Å². The third-order valence-electron chi connectivity index (χ3n) is 5.06. The lowest BCUT2D eigenvalue weighted by Gasteiger charge is -2.30. The Hall–Kier alpha value is -2.85. The summed E-state index contributed by atoms with van der Waals surface area (Å²) < 4.78 is 3.09. The molecule has 1 N–H and O–H groups in total. The monoisotopic (exact) mass is 413 g/mol. The molecule has 2 aromatic heterocycles. The molecule has 1 saturated heterocycles. The Balaban J connectivity index is 1.41. The number of para-hydroxylation sites is 1. The zero-order valence-electron chi connectivity index (χ0n) is 16.4. The van der Waals surface area contributed by atoms with Crippen LogP contribution in [0.1, 0.15) is 29.6 Å². The number of aryl methyl sites for hydroxylation is 2. The van der Waals surface area contributed by atoms with Gasteiger partial charge in [0, 0.05) is 13.0 Å². The molecule has 1 aliphatic rings. The molecule has 9 nitrogen and oxygen atoms in total. The summed E-state index contributed by atoms with van der Waals surface area (Å²) in [6.45, 7) is 3.71. The van der Waals surface area contributed by atoms with Crippen molar-refractivity contribution in [2.24, 2.45) is 7.05 Å². The number of carbonyl (C=O) groups is 1. The van der Waals surface area contributed by atoms with Crippen molar-refractivity contribution in [1.82, 2.24) is 29.4 Å². The van der Waals surface area contributed by atoms with E-state index in [4.69, 9.17) is 0 Å². The maximum atomic E-state index is 12.6. The van der Waals surface area contributed by atoms with Crippen molar-refractivity contribution in [3.63, 3.8) is 0 Å². The van der Waals surface area contributed by atoms with Crippen LogP contribution in [0.4, 0.5) is 5.13 Å². The van der Waals surface area contributed by atoms with Crippen LogP contribution in [0.3, 0.4) is 0 Å². The molecule has 152 valence electrons. The van der Waals surface area contributed by atoms with Gasteiger partial charge in [-0.1, -0.05) is 29.5 Å². The Kier molecular flexibility index (Phi) is 5.54. The molecule has 1 aliphatic heterocycles. The minimum Gasteiger partial charge on any atom is -0.299 e. The van der Waals surface area contributed by atoms with Gasteiger partial charge in [-0.25, -0.2) is 14.0 Å². The fraction of sp³-hybridized carbons (Fsp3) is 0.421. The SMILES string of the molecule is Cc1nnc(NC(=O)CN2CCC(c3nn(C)c(=O)n3-c3ccccc3)CC2)s1. The highest BCUT2D eigenvalue weighted by molar-refractivity contribution is 7.15. The lowest BCUT2D eigenvalue weighted by atomic mass is 9.95. The fourth-order valence-corrected chi connectivity index (χ4v) is 4.23. The highest BCUT2D eigenvalue weighted by atomic mass is 32.1. The first-order valence-corrected chi connectivity index (χ1v) is 10.4. The van der Waals surface area contributed by atoms with E-state index in [0.717, 1.165) is 42.5 Å². The first-order chi connectivity index (χ1) is 14.0. The van der Waals surface area contributed by atoms with Gasteiger partial charge in [0.2, 0.25) is 11.0 Å². The van der Waals surface area contributed by atoms with E-state index in [-0.39, 0.29) is 17.5 Å². The van der Waals surface area contributed by atoms with E-state index in [0.29, 0.717) is 11.7 Å². The second-order valence-corrected chi connectivity index (χ2v) is 8.34. The highest BCUT2D eigenvalue weighted by Crippen LogP contribution is 2.27. The van der Waals surface area contributed by atoms with E-state index < -0.39 is 0 Å². The van der Waals surface area contributed by atoms with Crippen LogP contribution in [0.5, 0.6) is 0 Å². The van der Waals surface area contributed by atoms with Gasteiger partial charge < -0.3 is 0 Å². The van der Waals surface area contributed by atoms with E-state index in [1.54, 1.807) is 11.6 Å². The predicted molar refractivity (Wildman–Crippen MR) is 110 cm³/mol. The molecule has 0 saturated carbocycles. The van der Waals surface area contributed by atoms with Crippen LogP contribution in [0.25, 0.3) is 5.69 Å². The van der Waals surface area contributed by atoms with Crippen LogP contribution in [0.2, 0.25) is 0 Å². The van der Waals surface area contributed by atoms with Crippen LogP contribution in [-0.2, 0) is 11.8 Å². The van der Waals surface area contributed by atoms with E-state index in [1.165, 1.54) is 16.0 Å². The molecule has 3 aromatic rings. The van der Waals surface area contributed by atoms with Gasteiger partial charge in [0.1, 0.15) is 10.8 Å². The van der Waals surface area contributed by atoms with Gasteiger partial charge in [-0.2, -0.15) is 5.10 Å². The summed E-state index contributed by atoms with van der Waals surface area (Å²) in [5.74, 6) is 0.880. The van der Waals surface area contributed by atoms with Gasteiger partial charge >= 0.3 is 5.69 Å². The van der Waals surface area contributed by atoms with Gasteiger partial charge in [0.15, 0.2) is 0 Å². The first kappa shape index (κ1) is 19.5. The minimum absolute atomic E-state index is 0.0846. The molecule has 4 rings (SSSR count). The smallest absolute Gasteiger partial charge is 0.299 e. The van der Waals surface area contributed by atoms with Gasteiger partial charge in [0.05, 0.1) is 12.2 Å². The van der Waals surface area contributed by atoms with Crippen molar-refractivity contribution in [2.75, 3.05) is 25.0 Å². The lowest BCUT2D eigenvalue weighted by Crippen LogP contribution is -2.39. The van der Waals surface area contributed by atoms with Crippen molar-refractivity contribution in [3.05, 3.63) is 51.6 Å². The van der Waals surface area contributed by atoms with Gasteiger partial charge in [-0.05, 0) is 45.0 Å². The molecule has 3 heterocycles. The van der Waals surface area contributed by atoms with Crippen molar-refractivity contribution >= 4 is 22.4 Å². The second-order valence-electron chi connectivity index (χ2n) is 7.16. The van der Waals surface area contributed by atoms with E-state index in [1.807, 2.05) is 37.3 Å². The molecule has 10 heteroatoms. The van der Waals surface area contributed by atoms with Gasteiger partial charge in [-0.15, -0.1) is 10.2 Å². The molecule has 0 unspecified atom stereocenters. The molecular weight excluding hydrogens is 390 g/mol. The largest absolute Gasteiger partial charge is 0.350 e. The molecule has 0 spiro atoms. The lowest BCUT2D eigenvalue weighted by molar-refractivity contribution is -0.117.